The number of amides is 1. The van der Waals surface area contributed by atoms with Crippen molar-refractivity contribution in [1.29, 1.82) is 0 Å². The summed E-state index contributed by atoms with van der Waals surface area (Å²) in [5.41, 5.74) is 3.02. The summed E-state index contributed by atoms with van der Waals surface area (Å²) >= 11 is 0. The zero-order valence-corrected chi connectivity index (χ0v) is 18.1. The van der Waals surface area contributed by atoms with Crippen molar-refractivity contribution in [3.8, 4) is 5.75 Å². The zero-order valence-electron chi connectivity index (χ0n) is 18.1. The molecule has 3 heterocycles. The zero-order chi connectivity index (χ0) is 22.6. The van der Waals surface area contributed by atoms with Gasteiger partial charge in [0.1, 0.15) is 0 Å². The van der Waals surface area contributed by atoms with Crippen LogP contribution in [0, 0.1) is 0 Å². The highest BCUT2D eigenvalue weighted by atomic mass is 16.5. The molecule has 1 fully saturated rings. The molecule has 2 aromatic carbocycles. The first-order valence-electron chi connectivity index (χ1n) is 10.6. The van der Waals surface area contributed by atoms with Crippen LogP contribution in [-0.4, -0.2) is 49.5 Å². The van der Waals surface area contributed by atoms with Crippen LogP contribution in [0.2, 0.25) is 0 Å². The predicted molar refractivity (Wildman–Crippen MR) is 126 cm³/mol. The van der Waals surface area contributed by atoms with Crippen LogP contribution in [0.5, 0.6) is 5.75 Å². The molecule has 4 aromatic rings. The first kappa shape index (κ1) is 20.8. The number of morpholine rings is 1. The van der Waals surface area contributed by atoms with Crippen molar-refractivity contribution in [3.05, 3.63) is 66.6 Å². The number of anilines is 4. The molecule has 9 nitrogen and oxygen atoms in total. The summed E-state index contributed by atoms with van der Waals surface area (Å²) in [5.74, 6) is 1.11. The van der Waals surface area contributed by atoms with E-state index in [1.54, 1.807) is 25.4 Å². The summed E-state index contributed by atoms with van der Waals surface area (Å²) in [6.45, 7) is 3.08. The highest BCUT2D eigenvalue weighted by Gasteiger charge is 2.15. The first-order valence-corrected chi connectivity index (χ1v) is 10.6. The molecule has 0 aliphatic carbocycles. The Balaban J connectivity index is 1.25. The number of carbonyl (C=O) groups excluding carboxylic acids is 1. The number of methoxy groups -OCH3 is 1. The number of furan rings is 1. The first-order chi connectivity index (χ1) is 16.2. The van der Waals surface area contributed by atoms with Gasteiger partial charge in [-0.15, -0.1) is 5.10 Å². The van der Waals surface area contributed by atoms with Crippen LogP contribution in [0.4, 0.5) is 22.9 Å². The van der Waals surface area contributed by atoms with Gasteiger partial charge in [-0.1, -0.05) is 12.1 Å². The Hall–Kier alpha value is -4.11. The molecule has 168 valence electrons. The van der Waals surface area contributed by atoms with E-state index in [1.807, 2.05) is 42.5 Å². The minimum Gasteiger partial charge on any atom is -0.493 e. The second-order valence-corrected chi connectivity index (χ2v) is 7.54. The summed E-state index contributed by atoms with van der Waals surface area (Å²) in [4.78, 5) is 14.9. The molecular weight excluding hydrogens is 422 g/mol. The van der Waals surface area contributed by atoms with Gasteiger partial charge in [-0.2, -0.15) is 5.10 Å². The molecule has 0 atom stereocenters. The topological polar surface area (TPSA) is 102 Å². The van der Waals surface area contributed by atoms with Crippen molar-refractivity contribution in [2.75, 3.05) is 48.9 Å². The quantitative estimate of drug-likeness (QED) is 0.458. The third-order valence-electron chi connectivity index (χ3n) is 5.38. The van der Waals surface area contributed by atoms with E-state index in [-0.39, 0.29) is 11.7 Å². The van der Waals surface area contributed by atoms with Crippen molar-refractivity contribution in [2.45, 2.75) is 0 Å². The highest BCUT2D eigenvalue weighted by molar-refractivity contribution is 6.05. The number of aromatic nitrogens is 2. The van der Waals surface area contributed by atoms with Crippen LogP contribution in [0.15, 0.2) is 65.2 Å². The molecule has 33 heavy (non-hydrogen) atoms. The van der Waals surface area contributed by atoms with Gasteiger partial charge in [0, 0.05) is 35.9 Å². The van der Waals surface area contributed by atoms with E-state index in [9.17, 15) is 4.79 Å². The summed E-state index contributed by atoms with van der Waals surface area (Å²) in [6.07, 6.45) is 1.75. The normalized spacial score (nSPS) is 13.7. The lowest BCUT2D eigenvalue weighted by atomic mass is 10.2. The largest absolute Gasteiger partial charge is 0.493 e. The van der Waals surface area contributed by atoms with Crippen LogP contribution < -0.4 is 20.3 Å². The lowest BCUT2D eigenvalue weighted by Gasteiger charge is -2.28. The number of fused-ring (bicyclic) bond motifs is 1. The van der Waals surface area contributed by atoms with Gasteiger partial charge in [0.05, 0.1) is 32.2 Å². The number of benzene rings is 2. The fourth-order valence-corrected chi connectivity index (χ4v) is 3.70. The van der Waals surface area contributed by atoms with Crippen LogP contribution in [0.25, 0.3) is 11.0 Å². The molecule has 5 rings (SSSR count). The number of hydrogen-bond acceptors (Lipinski definition) is 8. The van der Waals surface area contributed by atoms with Gasteiger partial charge in [0.25, 0.3) is 5.91 Å². The standard InChI is InChI=1S/C24H23N5O4/c1-31-20-4-2-3-16-13-21(33-23(16)20)24(30)27-18-7-5-17(6-8-18)26-22-14-19(15-25-28-22)29-9-11-32-12-10-29/h2-8,13-15H,9-12H2,1H3,(H,26,28)(H,27,30). The van der Waals surface area contributed by atoms with E-state index >= 15 is 0 Å². The minimum absolute atomic E-state index is 0.215. The molecule has 0 saturated carbocycles. The monoisotopic (exact) mass is 445 g/mol. The Morgan fingerprint density at radius 3 is 2.64 bits per heavy atom. The molecule has 2 N–H and O–H groups in total. The van der Waals surface area contributed by atoms with Gasteiger partial charge in [0.15, 0.2) is 22.9 Å². The molecule has 0 radical (unpaired) electrons. The summed E-state index contributed by atoms with van der Waals surface area (Å²) < 4.78 is 16.4. The van der Waals surface area contributed by atoms with E-state index in [2.05, 4.69) is 25.7 Å². The van der Waals surface area contributed by atoms with Gasteiger partial charge < -0.3 is 29.4 Å². The Morgan fingerprint density at radius 2 is 1.85 bits per heavy atom. The molecule has 1 amide bonds. The molecule has 1 aliphatic heterocycles. The lowest BCUT2D eigenvalue weighted by molar-refractivity contribution is 0.0998. The van der Waals surface area contributed by atoms with E-state index in [0.717, 1.165) is 29.9 Å². The van der Waals surface area contributed by atoms with Gasteiger partial charge in [-0.05, 0) is 36.4 Å². The molecule has 2 aromatic heterocycles. The average molecular weight is 445 g/mol. The Bertz CT molecular complexity index is 1270. The third kappa shape index (κ3) is 4.58. The fourth-order valence-electron chi connectivity index (χ4n) is 3.70. The van der Waals surface area contributed by atoms with Crippen LogP contribution in [0.1, 0.15) is 10.6 Å². The average Bonchev–Trinajstić information content (AvgIpc) is 3.31. The summed E-state index contributed by atoms with van der Waals surface area (Å²) in [6, 6.07) is 16.5. The second kappa shape index (κ2) is 9.17. The Morgan fingerprint density at radius 1 is 1.06 bits per heavy atom. The fraction of sp³-hybridized carbons (Fsp3) is 0.208. The minimum atomic E-state index is -0.335. The van der Waals surface area contributed by atoms with Crippen molar-refractivity contribution in [3.63, 3.8) is 0 Å². The predicted octanol–water partition coefficient (Wildman–Crippen LogP) is 4.06. The molecule has 0 unspecified atom stereocenters. The van der Waals surface area contributed by atoms with Gasteiger partial charge in [-0.25, -0.2) is 0 Å². The van der Waals surface area contributed by atoms with Crippen molar-refractivity contribution in [1.82, 2.24) is 10.2 Å². The number of para-hydroxylation sites is 1. The van der Waals surface area contributed by atoms with Gasteiger partial charge in [-0.3, -0.25) is 4.79 Å². The second-order valence-electron chi connectivity index (χ2n) is 7.54. The smallest absolute Gasteiger partial charge is 0.291 e. The Kier molecular flexibility index (Phi) is 5.77. The van der Waals surface area contributed by atoms with Gasteiger partial charge in [0.2, 0.25) is 0 Å². The summed E-state index contributed by atoms with van der Waals surface area (Å²) in [5, 5.41) is 15.2. The number of rotatable bonds is 6. The van der Waals surface area contributed by atoms with E-state index in [0.29, 0.717) is 36.1 Å². The van der Waals surface area contributed by atoms with Crippen molar-refractivity contribution >= 4 is 39.8 Å². The van der Waals surface area contributed by atoms with E-state index < -0.39 is 0 Å². The highest BCUT2D eigenvalue weighted by Crippen LogP contribution is 2.29. The molecule has 0 spiro atoms. The van der Waals surface area contributed by atoms with Gasteiger partial charge >= 0.3 is 0 Å². The maximum Gasteiger partial charge on any atom is 0.291 e. The molecule has 0 bridgehead atoms. The SMILES string of the molecule is COc1cccc2cc(C(=O)Nc3ccc(Nc4cc(N5CCOCC5)cnn4)cc3)oc12. The lowest BCUT2D eigenvalue weighted by Crippen LogP contribution is -2.36. The maximum atomic E-state index is 12.7. The number of ether oxygens (including phenoxy) is 2. The molecule has 1 aliphatic rings. The van der Waals surface area contributed by atoms with Crippen LogP contribution >= 0.6 is 0 Å². The number of carbonyl (C=O) groups is 1. The molecule has 1 saturated heterocycles. The van der Waals surface area contributed by atoms with Crippen molar-refractivity contribution < 1.29 is 18.7 Å². The number of nitrogens with zero attached hydrogens (tertiary/aromatic N) is 3. The number of hydrogen-bond donors (Lipinski definition) is 2. The van der Waals surface area contributed by atoms with E-state index in [4.69, 9.17) is 13.9 Å². The van der Waals surface area contributed by atoms with Crippen molar-refractivity contribution in [2.24, 2.45) is 0 Å². The Labute approximate surface area is 190 Å². The van der Waals surface area contributed by atoms with E-state index in [1.165, 1.54) is 0 Å². The third-order valence-corrected chi connectivity index (χ3v) is 5.38. The maximum absolute atomic E-state index is 12.7. The van der Waals surface area contributed by atoms with Crippen LogP contribution in [0.3, 0.4) is 0 Å². The molecular formula is C24H23N5O4. The number of nitrogens with one attached hydrogen (secondary N) is 2. The van der Waals surface area contributed by atoms with Crippen LogP contribution in [-0.2, 0) is 4.74 Å². The molecule has 9 heteroatoms. The summed E-state index contributed by atoms with van der Waals surface area (Å²) in [7, 11) is 1.57.